The van der Waals surface area contributed by atoms with Gasteiger partial charge in [0.15, 0.2) is 0 Å². The molecule has 0 spiro atoms. The SMILES string of the molecule is CC(C)(C)OC1CN[C@H]([C]=O)C1. The third kappa shape index (κ3) is 2.91. The van der Waals surface area contributed by atoms with Crippen molar-refractivity contribution < 1.29 is 9.53 Å². The predicted molar refractivity (Wildman–Crippen MR) is 46.7 cm³/mol. The van der Waals surface area contributed by atoms with Crippen LogP contribution in [0.2, 0.25) is 0 Å². The molecule has 1 radical (unpaired) electrons. The molecule has 1 N–H and O–H groups in total. The normalized spacial score (nSPS) is 30.6. The minimum atomic E-state index is -0.127. The van der Waals surface area contributed by atoms with Crippen molar-refractivity contribution in [2.24, 2.45) is 0 Å². The molecule has 1 unspecified atom stereocenters. The van der Waals surface area contributed by atoms with Crippen LogP contribution in [0.5, 0.6) is 0 Å². The van der Waals surface area contributed by atoms with Crippen molar-refractivity contribution in [3.63, 3.8) is 0 Å². The summed E-state index contributed by atoms with van der Waals surface area (Å²) in [4.78, 5) is 10.3. The maximum absolute atomic E-state index is 10.3. The predicted octanol–water partition coefficient (Wildman–Crippen LogP) is 0.642. The van der Waals surface area contributed by atoms with Gasteiger partial charge in [-0.2, -0.15) is 0 Å². The van der Waals surface area contributed by atoms with Crippen molar-refractivity contribution in [1.29, 1.82) is 0 Å². The average molecular weight is 170 g/mol. The smallest absolute Gasteiger partial charge is 0.216 e. The Kier molecular flexibility index (Phi) is 2.85. The first-order valence-corrected chi connectivity index (χ1v) is 4.30. The number of nitrogens with one attached hydrogen (secondary N) is 1. The molecule has 1 rings (SSSR count). The van der Waals surface area contributed by atoms with Crippen LogP contribution in [0, 0.1) is 0 Å². The maximum atomic E-state index is 10.3. The molecule has 0 aromatic heterocycles. The van der Waals surface area contributed by atoms with Crippen LogP contribution < -0.4 is 5.32 Å². The Morgan fingerprint density at radius 3 is 2.58 bits per heavy atom. The molecule has 0 amide bonds. The standard InChI is InChI=1S/C9H16NO2/c1-9(2,3)12-8-4-7(6-11)10-5-8/h7-8,10H,4-5H2,1-3H3/t7-,8?/m0/s1. The van der Waals surface area contributed by atoms with Crippen LogP contribution in [0.15, 0.2) is 0 Å². The lowest BCUT2D eigenvalue weighted by Gasteiger charge is -2.24. The van der Waals surface area contributed by atoms with Gasteiger partial charge in [0, 0.05) is 6.54 Å². The van der Waals surface area contributed by atoms with Gasteiger partial charge >= 0.3 is 0 Å². The van der Waals surface area contributed by atoms with E-state index in [2.05, 4.69) is 5.32 Å². The average Bonchev–Trinajstić information content (AvgIpc) is 2.32. The first-order chi connectivity index (χ1) is 5.51. The van der Waals surface area contributed by atoms with E-state index in [1.807, 2.05) is 27.1 Å². The molecule has 0 aromatic rings. The molecule has 1 saturated heterocycles. The molecule has 1 aliphatic rings. The zero-order valence-electron chi connectivity index (χ0n) is 7.89. The Morgan fingerprint density at radius 2 is 2.17 bits per heavy atom. The Bertz CT molecular complexity index is 162. The third-order valence-electron chi connectivity index (χ3n) is 1.75. The van der Waals surface area contributed by atoms with E-state index < -0.39 is 0 Å². The van der Waals surface area contributed by atoms with E-state index in [0.29, 0.717) is 0 Å². The molecule has 1 aliphatic heterocycles. The van der Waals surface area contributed by atoms with Crippen LogP contribution in [0.4, 0.5) is 0 Å². The molecule has 3 nitrogen and oxygen atoms in total. The minimum absolute atomic E-state index is 0.121. The summed E-state index contributed by atoms with van der Waals surface area (Å²) >= 11 is 0. The lowest BCUT2D eigenvalue weighted by molar-refractivity contribution is -0.0504. The van der Waals surface area contributed by atoms with Crippen LogP contribution in [-0.4, -0.2) is 30.6 Å². The van der Waals surface area contributed by atoms with Gasteiger partial charge < -0.3 is 10.1 Å². The van der Waals surface area contributed by atoms with Crippen LogP contribution in [0.25, 0.3) is 0 Å². The number of hydrogen-bond donors (Lipinski definition) is 1. The molecular formula is C9H16NO2. The topological polar surface area (TPSA) is 38.3 Å². The van der Waals surface area contributed by atoms with E-state index in [4.69, 9.17) is 4.74 Å². The summed E-state index contributed by atoms with van der Waals surface area (Å²) in [5.41, 5.74) is -0.121. The van der Waals surface area contributed by atoms with Crippen molar-refractivity contribution in [3.8, 4) is 0 Å². The second-order valence-electron chi connectivity index (χ2n) is 4.17. The molecule has 12 heavy (non-hydrogen) atoms. The van der Waals surface area contributed by atoms with Crippen molar-refractivity contribution in [1.82, 2.24) is 5.32 Å². The number of rotatable bonds is 2. The minimum Gasteiger partial charge on any atom is -0.371 e. The summed E-state index contributed by atoms with van der Waals surface area (Å²) in [5, 5.41) is 3.03. The molecule has 0 saturated carbocycles. The van der Waals surface area contributed by atoms with Crippen molar-refractivity contribution >= 4 is 6.29 Å². The first-order valence-electron chi connectivity index (χ1n) is 4.30. The third-order valence-corrected chi connectivity index (χ3v) is 1.75. The number of carbonyl (C=O) groups excluding carboxylic acids is 1. The second kappa shape index (κ2) is 3.54. The van der Waals surface area contributed by atoms with Gasteiger partial charge in [-0.3, -0.25) is 4.79 Å². The number of hydrogen-bond acceptors (Lipinski definition) is 3. The van der Waals surface area contributed by atoms with Gasteiger partial charge in [-0.25, -0.2) is 0 Å². The van der Waals surface area contributed by atoms with E-state index in [-0.39, 0.29) is 17.7 Å². The van der Waals surface area contributed by atoms with Gasteiger partial charge in [0.05, 0.1) is 17.7 Å². The van der Waals surface area contributed by atoms with Gasteiger partial charge in [-0.15, -0.1) is 0 Å². The highest BCUT2D eigenvalue weighted by Gasteiger charge is 2.28. The molecular weight excluding hydrogens is 154 g/mol. The molecule has 69 valence electrons. The first kappa shape index (κ1) is 9.68. The Labute approximate surface area is 73.5 Å². The Balaban J connectivity index is 2.33. The summed E-state index contributed by atoms with van der Waals surface area (Å²) < 4.78 is 5.69. The van der Waals surface area contributed by atoms with Crippen LogP contribution in [0.3, 0.4) is 0 Å². The van der Waals surface area contributed by atoms with Crippen LogP contribution in [0.1, 0.15) is 27.2 Å². The highest BCUT2D eigenvalue weighted by Crippen LogP contribution is 2.16. The summed E-state index contributed by atoms with van der Waals surface area (Å²) in [5.74, 6) is 0. The summed E-state index contributed by atoms with van der Waals surface area (Å²) in [6, 6.07) is -0.127. The Hall–Kier alpha value is -0.410. The summed E-state index contributed by atoms with van der Waals surface area (Å²) in [6.07, 6.45) is 2.85. The van der Waals surface area contributed by atoms with Gasteiger partial charge in [-0.05, 0) is 27.2 Å². The van der Waals surface area contributed by atoms with E-state index in [0.717, 1.165) is 13.0 Å². The van der Waals surface area contributed by atoms with Crippen molar-refractivity contribution in [3.05, 3.63) is 0 Å². The summed E-state index contributed by atoms with van der Waals surface area (Å²) in [7, 11) is 0. The quantitative estimate of drug-likeness (QED) is 0.661. The molecule has 0 bridgehead atoms. The second-order valence-corrected chi connectivity index (χ2v) is 4.17. The molecule has 1 fully saturated rings. The zero-order chi connectivity index (χ0) is 9.19. The van der Waals surface area contributed by atoms with Gasteiger partial charge in [0.2, 0.25) is 6.29 Å². The lowest BCUT2D eigenvalue weighted by Crippen LogP contribution is -2.28. The van der Waals surface area contributed by atoms with Gasteiger partial charge in [-0.1, -0.05) is 0 Å². The van der Waals surface area contributed by atoms with Gasteiger partial charge in [0.25, 0.3) is 0 Å². The fourth-order valence-corrected chi connectivity index (χ4v) is 1.38. The monoisotopic (exact) mass is 170 g/mol. The van der Waals surface area contributed by atoms with E-state index in [9.17, 15) is 4.79 Å². The molecule has 3 heteroatoms. The molecule has 2 atom stereocenters. The molecule has 0 aliphatic carbocycles. The highest BCUT2D eigenvalue weighted by atomic mass is 16.5. The lowest BCUT2D eigenvalue weighted by atomic mass is 10.1. The van der Waals surface area contributed by atoms with Crippen LogP contribution >= 0.6 is 0 Å². The van der Waals surface area contributed by atoms with Crippen molar-refractivity contribution in [2.45, 2.75) is 44.9 Å². The fourth-order valence-electron chi connectivity index (χ4n) is 1.38. The number of ether oxygens (including phenoxy) is 1. The van der Waals surface area contributed by atoms with Crippen LogP contribution in [-0.2, 0) is 9.53 Å². The fraction of sp³-hybridized carbons (Fsp3) is 0.889. The van der Waals surface area contributed by atoms with E-state index in [1.165, 1.54) is 0 Å². The maximum Gasteiger partial charge on any atom is 0.216 e. The van der Waals surface area contributed by atoms with E-state index >= 15 is 0 Å². The van der Waals surface area contributed by atoms with E-state index in [1.54, 1.807) is 0 Å². The molecule has 0 aromatic carbocycles. The van der Waals surface area contributed by atoms with Crippen molar-refractivity contribution in [2.75, 3.05) is 6.54 Å². The van der Waals surface area contributed by atoms with Gasteiger partial charge in [0.1, 0.15) is 0 Å². The summed E-state index contributed by atoms with van der Waals surface area (Å²) in [6.45, 7) is 6.82. The Morgan fingerprint density at radius 1 is 1.50 bits per heavy atom. The molecule has 1 heterocycles. The zero-order valence-corrected chi connectivity index (χ0v) is 7.89. The largest absolute Gasteiger partial charge is 0.371 e. The highest BCUT2D eigenvalue weighted by molar-refractivity contribution is 5.59.